The lowest BCUT2D eigenvalue weighted by Gasteiger charge is -2.34. The van der Waals surface area contributed by atoms with Crippen LogP contribution < -0.4 is 4.74 Å². The first-order chi connectivity index (χ1) is 18.3. The van der Waals surface area contributed by atoms with E-state index >= 15 is 0 Å². The largest absolute Gasteiger partial charge is 0.512 e. The Labute approximate surface area is 224 Å². The summed E-state index contributed by atoms with van der Waals surface area (Å²) < 4.78 is 11.8. The minimum Gasteiger partial charge on any atom is -0.512 e. The molecular formula is C29H38N5O4+. The molecule has 202 valence electrons. The molecule has 1 aliphatic carbocycles. The van der Waals surface area contributed by atoms with Gasteiger partial charge in [-0.15, -0.1) is 4.59 Å². The molecule has 1 fully saturated rings. The number of cyclic esters (lactones) is 1. The number of amidine groups is 1. The molecular weight excluding hydrogens is 482 g/mol. The summed E-state index contributed by atoms with van der Waals surface area (Å²) in [5.74, 6) is 1.50. The number of nitrogens with zero attached hydrogens (tertiary/aromatic N) is 5. The van der Waals surface area contributed by atoms with E-state index in [1.807, 2.05) is 19.9 Å². The molecule has 5 rings (SSSR count). The minimum absolute atomic E-state index is 0.0624. The molecule has 0 spiro atoms. The van der Waals surface area contributed by atoms with Gasteiger partial charge in [0, 0.05) is 44.4 Å². The van der Waals surface area contributed by atoms with E-state index in [0.29, 0.717) is 41.9 Å². The van der Waals surface area contributed by atoms with Crippen LogP contribution in [0.1, 0.15) is 83.9 Å². The highest BCUT2D eigenvalue weighted by atomic mass is 16.5. The van der Waals surface area contributed by atoms with Gasteiger partial charge in [-0.25, -0.2) is 4.79 Å². The van der Waals surface area contributed by atoms with E-state index in [1.165, 1.54) is 12.8 Å². The number of guanidine groups is 1. The number of aliphatic hydroxyl groups excluding tert-OH is 1. The molecule has 0 amide bonds. The van der Waals surface area contributed by atoms with Gasteiger partial charge in [0.05, 0.1) is 24.1 Å². The van der Waals surface area contributed by atoms with E-state index in [-0.39, 0.29) is 24.2 Å². The lowest BCUT2D eigenvalue weighted by atomic mass is 9.98. The maximum absolute atomic E-state index is 13.0. The Morgan fingerprint density at radius 3 is 2.68 bits per heavy atom. The number of carbonyl (C=O) groups excluding carboxylic acids is 1. The number of hydrogen-bond acceptors (Lipinski definition) is 8. The van der Waals surface area contributed by atoms with Crippen molar-refractivity contribution >= 4 is 23.5 Å². The van der Waals surface area contributed by atoms with Crippen molar-refractivity contribution in [2.24, 2.45) is 15.1 Å². The van der Waals surface area contributed by atoms with Crippen LogP contribution in [0.25, 0.3) is 0 Å². The molecule has 1 aromatic heterocycles. The SMILES string of the molecule is CCOc1cnc(CC)cc1CCC1CC(O)=C(CC2=N[N+]3(C4CCCC4)C(C)=CC(C)=NC3=N2)C(=O)O1. The number of aliphatic imine (C=N–C) groups is 2. The molecule has 1 aromatic rings. The van der Waals surface area contributed by atoms with Crippen molar-refractivity contribution in [1.82, 2.24) is 4.98 Å². The third-order valence-electron chi connectivity index (χ3n) is 7.92. The number of pyridine rings is 1. The van der Waals surface area contributed by atoms with E-state index in [4.69, 9.17) is 24.6 Å². The van der Waals surface area contributed by atoms with Gasteiger partial charge in [0.2, 0.25) is 0 Å². The Morgan fingerprint density at radius 2 is 1.97 bits per heavy atom. The van der Waals surface area contributed by atoms with Crippen LogP contribution in [0.15, 0.2) is 50.5 Å². The van der Waals surface area contributed by atoms with Gasteiger partial charge in [0.25, 0.3) is 0 Å². The number of aliphatic hydroxyl groups is 1. The third kappa shape index (κ3) is 4.91. The van der Waals surface area contributed by atoms with E-state index in [1.54, 1.807) is 6.20 Å². The normalized spacial score (nSPS) is 25.5. The lowest BCUT2D eigenvalue weighted by molar-refractivity contribution is -0.835. The van der Waals surface area contributed by atoms with Gasteiger partial charge in [0.1, 0.15) is 29.4 Å². The highest BCUT2D eigenvalue weighted by Gasteiger charge is 2.52. The zero-order valence-electron chi connectivity index (χ0n) is 22.9. The molecule has 0 saturated heterocycles. The maximum Gasteiger partial charge on any atom is 0.363 e. The molecule has 1 N–H and O–H groups in total. The van der Waals surface area contributed by atoms with Gasteiger partial charge >= 0.3 is 11.9 Å². The number of fused-ring (bicyclic) bond motifs is 1. The molecule has 0 bridgehead atoms. The molecule has 4 heterocycles. The van der Waals surface area contributed by atoms with Crippen LogP contribution in [0.4, 0.5) is 0 Å². The molecule has 0 radical (unpaired) electrons. The second-order valence-corrected chi connectivity index (χ2v) is 10.5. The number of allylic oxidation sites excluding steroid dienone is 2. The number of ether oxygens (including phenoxy) is 2. The van der Waals surface area contributed by atoms with Crippen LogP contribution >= 0.6 is 0 Å². The molecule has 1 saturated carbocycles. The zero-order chi connectivity index (χ0) is 26.9. The number of aromatic nitrogens is 1. The second-order valence-electron chi connectivity index (χ2n) is 10.5. The fraction of sp³-hybridized carbons (Fsp3) is 0.552. The number of rotatable bonds is 9. The number of esters is 1. The monoisotopic (exact) mass is 520 g/mol. The van der Waals surface area contributed by atoms with Crippen LogP contribution in [0.3, 0.4) is 0 Å². The molecule has 3 aliphatic heterocycles. The Kier molecular flexibility index (Phi) is 7.47. The molecule has 2 atom stereocenters. The zero-order valence-corrected chi connectivity index (χ0v) is 22.9. The van der Waals surface area contributed by atoms with E-state index in [2.05, 4.69) is 24.9 Å². The smallest absolute Gasteiger partial charge is 0.363 e. The highest BCUT2D eigenvalue weighted by Crippen LogP contribution is 2.40. The highest BCUT2D eigenvalue weighted by molar-refractivity contribution is 6.09. The fourth-order valence-corrected chi connectivity index (χ4v) is 5.99. The Bertz CT molecular complexity index is 1270. The van der Waals surface area contributed by atoms with Crippen molar-refractivity contribution in [2.75, 3.05) is 6.61 Å². The second kappa shape index (κ2) is 10.8. The van der Waals surface area contributed by atoms with Crippen LogP contribution in [-0.2, 0) is 22.4 Å². The molecule has 4 aliphatic rings. The maximum atomic E-state index is 13.0. The van der Waals surface area contributed by atoms with Crippen LogP contribution in [-0.4, -0.2) is 56.9 Å². The predicted molar refractivity (Wildman–Crippen MR) is 146 cm³/mol. The first kappa shape index (κ1) is 26.3. The van der Waals surface area contributed by atoms with Crippen molar-refractivity contribution in [3.8, 4) is 5.75 Å². The number of hydrogen-bond donors (Lipinski definition) is 1. The Hall–Kier alpha value is -3.33. The van der Waals surface area contributed by atoms with Gasteiger partial charge in [-0.1, -0.05) is 12.0 Å². The third-order valence-corrected chi connectivity index (χ3v) is 7.92. The van der Waals surface area contributed by atoms with E-state index in [9.17, 15) is 9.90 Å². The van der Waals surface area contributed by atoms with Crippen LogP contribution in [0, 0.1) is 0 Å². The van der Waals surface area contributed by atoms with Gasteiger partial charge in [-0.3, -0.25) is 4.98 Å². The predicted octanol–water partition coefficient (Wildman–Crippen LogP) is 5.31. The molecule has 2 unspecified atom stereocenters. The summed E-state index contributed by atoms with van der Waals surface area (Å²) in [5.41, 5.74) is 4.27. The average molecular weight is 521 g/mol. The van der Waals surface area contributed by atoms with Crippen molar-refractivity contribution in [3.05, 3.63) is 46.6 Å². The van der Waals surface area contributed by atoms with Gasteiger partial charge in [-0.2, -0.15) is 9.98 Å². The van der Waals surface area contributed by atoms with Crippen molar-refractivity contribution in [1.29, 1.82) is 0 Å². The summed E-state index contributed by atoms with van der Waals surface area (Å²) in [4.78, 5) is 27.0. The fourth-order valence-electron chi connectivity index (χ4n) is 5.99. The van der Waals surface area contributed by atoms with Gasteiger partial charge in [0.15, 0.2) is 5.84 Å². The molecule has 0 aromatic carbocycles. The molecule has 38 heavy (non-hydrogen) atoms. The molecule has 9 nitrogen and oxygen atoms in total. The average Bonchev–Trinajstić information content (AvgIpc) is 3.55. The van der Waals surface area contributed by atoms with Crippen LogP contribution in [0.5, 0.6) is 5.75 Å². The summed E-state index contributed by atoms with van der Waals surface area (Å²) >= 11 is 0. The quantitative estimate of drug-likeness (QED) is 0.351. The summed E-state index contributed by atoms with van der Waals surface area (Å²) in [6.45, 7) is 8.61. The van der Waals surface area contributed by atoms with Crippen molar-refractivity contribution in [2.45, 2.75) is 97.6 Å². The first-order valence-corrected chi connectivity index (χ1v) is 13.9. The van der Waals surface area contributed by atoms with E-state index in [0.717, 1.165) is 47.7 Å². The first-order valence-electron chi connectivity index (χ1n) is 13.9. The molecule has 9 heteroatoms. The topological polar surface area (TPSA) is 106 Å². The summed E-state index contributed by atoms with van der Waals surface area (Å²) in [6, 6.07) is 2.35. The van der Waals surface area contributed by atoms with Crippen LogP contribution in [0.2, 0.25) is 0 Å². The standard InChI is InChI=1S/C29H37N5O4/c1-5-21-14-20(26(17-30-21)37-6-2)11-12-23-15-25(35)24(28(36)38-23)16-27-32-29-31-18(3)13-19(4)34(29,33-27)22-9-7-8-10-22/h13-14,17,22-23H,5-12,15-16H2,1-4H3/p+1. The van der Waals surface area contributed by atoms with Gasteiger partial charge < -0.3 is 14.6 Å². The Balaban J connectivity index is 1.31. The number of aryl methyl sites for hydroxylation is 2. The van der Waals surface area contributed by atoms with Gasteiger partial charge in [-0.05, 0) is 57.6 Å². The lowest BCUT2D eigenvalue weighted by Crippen LogP contribution is -2.52. The van der Waals surface area contributed by atoms with E-state index < -0.39 is 12.1 Å². The summed E-state index contributed by atoms with van der Waals surface area (Å²) in [7, 11) is 0. The summed E-state index contributed by atoms with van der Waals surface area (Å²) in [6.07, 6.45) is 10.4. The summed E-state index contributed by atoms with van der Waals surface area (Å²) in [5, 5.41) is 16.0. The Morgan fingerprint density at radius 1 is 1.18 bits per heavy atom. The number of quaternary nitrogens is 1. The minimum atomic E-state index is -0.500. The van der Waals surface area contributed by atoms with Crippen molar-refractivity contribution in [3.63, 3.8) is 0 Å². The van der Waals surface area contributed by atoms with Crippen molar-refractivity contribution < 1.29 is 24.0 Å². The number of carbonyl (C=O) groups is 1.